The monoisotopic (exact) mass is 328 g/mol. The number of hydrogen-bond donors (Lipinski definition) is 2. The van der Waals surface area contributed by atoms with Crippen LogP contribution in [0.2, 0.25) is 0 Å². The van der Waals surface area contributed by atoms with Crippen molar-refractivity contribution in [3.63, 3.8) is 0 Å². The van der Waals surface area contributed by atoms with Gasteiger partial charge in [-0.1, -0.05) is 45.0 Å². The Labute approximate surface area is 144 Å². The molecule has 2 N–H and O–H groups in total. The Bertz CT molecular complexity index is 664. The summed E-state index contributed by atoms with van der Waals surface area (Å²) in [6.45, 7) is 8.12. The minimum absolute atomic E-state index is 0.197. The van der Waals surface area contributed by atoms with Gasteiger partial charge in [-0.05, 0) is 23.0 Å². The SMILES string of the molecule is CN=C(NCCc1ccc(C(C)(C)C)cc1)NCc1ncnn1C. The van der Waals surface area contributed by atoms with E-state index in [0.29, 0.717) is 6.54 Å². The smallest absolute Gasteiger partial charge is 0.191 e. The van der Waals surface area contributed by atoms with Crippen LogP contribution in [0.3, 0.4) is 0 Å². The van der Waals surface area contributed by atoms with Gasteiger partial charge in [0.2, 0.25) is 0 Å². The quantitative estimate of drug-likeness (QED) is 0.651. The average molecular weight is 328 g/mol. The number of hydrogen-bond acceptors (Lipinski definition) is 3. The lowest BCUT2D eigenvalue weighted by Crippen LogP contribution is -2.38. The third kappa shape index (κ3) is 5.08. The Morgan fingerprint density at radius 2 is 1.88 bits per heavy atom. The summed E-state index contributed by atoms with van der Waals surface area (Å²) in [6.07, 6.45) is 2.50. The fraction of sp³-hybridized carbons (Fsp3) is 0.500. The van der Waals surface area contributed by atoms with Gasteiger partial charge < -0.3 is 10.6 Å². The van der Waals surface area contributed by atoms with Crippen molar-refractivity contribution in [1.82, 2.24) is 25.4 Å². The Balaban J connectivity index is 1.78. The fourth-order valence-electron chi connectivity index (χ4n) is 2.36. The standard InChI is InChI=1S/C18H28N6/c1-18(2,3)15-8-6-14(7-9-15)10-11-20-17(19-4)21-12-16-22-13-23-24(16)5/h6-9,13H,10-12H2,1-5H3,(H2,19,20,21). The lowest BCUT2D eigenvalue weighted by atomic mass is 9.86. The van der Waals surface area contributed by atoms with Crippen molar-refractivity contribution in [3.05, 3.63) is 47.5 Å². The molecular formula is C18H28N6. The van der Waals surface area contributed by atoms with Gasteiger partial charge in [0.05, 0.1) is 6.54 Å². The van der Waals surface area contributed by atoms with E-state index in [1.54, 1.807) is 18.1 Å². The third-order valence-electron chi connectivity index (χ3n) is 3.97. The zero-order valence-electron chi connectivity index (χ0n) is 15.3. The van der Waals surface area contributed by atoms with E-state index in [2.05, 4.69) is 70.7 Å². The maximum atomic E-state index is 4.23. The highest BCUT2D eigenvalue weighted by molar-refractivity contribution is 5.79. The Kier molecular flexibility index (Phi) is 5.95. The van der Waals surface area contributed by atoms with Crippen LogP contribution >= 0.6 is 0 Å². The van der Waals surface area contributed by atoms with Gasteiger partial charge in [0, 0.05) is 20.6 Å². The van der Waals surface area contributed by atoms with Crippen LogP contribution in [0.25, 0.3) is 0 Å². The molecule has 0 bridgehead atoms. The molecule has 0 fully saturated rings. The second-order valence-corrected chi connectivity index (χ2v) is 6.85. The molecule has 1 heterocycles. The number of aromatic nitrogens is 3. The van der Waals surface area contributed by atoms with Gasteiger partial charge >= 0.3 is 0 Å². The molecule has 0 saturated heterocycles. The second kappa shape index (κ2) is 7.95. The van der Waals surface area contributed by atoms with E-state index in [0.717, 1.165) is 24.7 Å². The molecule has 0 spiro atoms. The van der Waals surface area contributed by atoms with Crippen LogP contribution in [0.5, 0.6) is 0 Å². The molecule has 2 rings (SSSR count). The number of benzene rings is 1. The molecular weight excluding hydrogens is 300 g/mol. The van der Waals surface area contributed by atoms with Crippen LogP contribution < -0.4 is 10.6 Å². The summed E-state index contributed by atoms with van der Waals surface area (Å²) >= 11 is 0. The first-order valence-corrected chi connectivity index (χ1v) is 8.27. The summed E-state index contributed by atoms with van der Waals surface area (Å²) < 4.78 is 1.75. The first kappa shape index (κ1) is 18.0. The molecule has 0 saturated carbocycles. The molecule has 130 valence electrons. The summed E-state index contributed by atoms with van der Waals surface area (Å²) in [5.74, 6) is 1.64. The summed E-state index contributed by atoms with van der Waals surface area (Å²) in [7, 11) is 3.64. The topological polar surface area (TPSA) is 67.1 Å². The number of guanidine groups is 1. The van der Waals surface area contributed by atoms with Crippen LogP contribution in [0.15, 0.2) is 35.6 Å². The predicted octanol–water partition coefficient (Wildman–Crippen LogP) is 2.02. The summed E-state index contributed by atoms with van der Waals surface area (Å²) in [4.78, 5) is 8.42. The van der Waals surface area contributed by atoms with E-state index in [-0.39, 0.29) is 5.41 Å². The van der Waals surface area contributed by atoms with Gasteiger partial charge in [-0.2, -0.15) is 5.10 Å². The Hall–Kier alpha value is -2.37. The van der Waals surface area contributed by atoms with Crippen LogP contribution in [0.4, 0.5) is 0 Å². The van der Waals surface area contributed by atoms with Gasteiger partial charge in [-0.25, -0.2) is 4.98 Å². The van der Waals surface area contributed by atoms with Crippen LogP contribution in [-0.4, -0.2) is 34.3 Å². The van der Waals surface area contributed by atoms with E-state index in [4.69, 9.17) is 0 Å². The lowest BCUT2D eigenvalue weighted by Gasteiger charge is -2.19. The molecule has 6 nitrogen and oxygen atoms in total. The first-order chi connectivity index (χ1) is 11.4. The van der Waals surface area contributed by atoms with Crippen LogP contribution in [0, 0.1) is 0 Å². The molecule has 24 heavy (non-hydrogen) atoms. The van der Waals surface area contributed by atoms with Crippen molar-refractivity contribution in [2.75, 3.05) is 13.6 Å². The van der Waals surface area contributed by atoms with Gasteiger partial charge in [0.15, 0.2) is 5.96 Å². The van der Waals surface area contributed by atoms with Gasteiger partial charge in [-0.3, -0.25) is 9.67 Å². The summed E-state index contributed by atoms with van der Waals surface area (Å²) in [6, 6.07) is 8.85. The van der Waals surface area contributed by atoms with E-state index in [1.165, 1.54) is 11.1 Å². The molecule has 0 aliphatic heterocycles. The molecule has 0 aliphatic rings. The maximum Gasteiger partial charge on any atom is 0.191 e. The van der Waals surface area contributed by atoms with E-state index < -0.39 is 0 Å². The minimum atomic E-state index is 0.197. The summed E-state index contributed by atoms with van der Waals surface area (Å²) in [5, 5.41) is 10.6. The molecule has 0 atom stereocenters. The molecule has 0 unspecified atom stereocenters. The third-order valence-corrected chi connectivity index (χ3v) is 3.97. The lowest BCUT2D eigenvalue weighted by molar-refractivity contribution is 0.590. The number of nitrogens with one attached hydrogen (secondary N) is 2. The number of aliphatic imine (C=N–C) groups is 1. The van der Waals surface area contributed by atoms with Crippen molar-refractivity contribution in [2.45, 2.75) is 39.2 Å². The molecule has 0 aliphatic carbocycles. The molecule has 6 heteroatoms. The Morgan fingerprint density at radius 1 is 1.17 bits per heavy atom. The van der Waals surface area contributed by atoms with Crippen molar-refractivity contribution >= 4 is 5.96 Å². The molecule has 1 aromatic carbocycles. The van der Waals surface area contributed by atoms with Crippen LogP contribution in [0.1, 0.15) is 37.7 Å². The second-order valence-electron chi connectivity index (χ2n) is 6.85. The number of aryl methyl sites for hydroxylation is 1. The number of nitrogens with zero attached hydrogens (tertiary/aromatic N) is 4. The first-order valence-electron chi connectivity index (χ1n) is 8.27. The van der Waals surface area contributed by atoms with Crippen molar-refractivity contribution in [3.8, 4) is 0 Å². The molecule has 0 radical (unpaired) electrons. The van der Waals surface area contributed by atoms with Crippen molar-refractivity contribution in [1.29, 1.82) is 0 Å². The average Bonchev–Trinajstić information content (AvgIpc) is 2.95. The highest BCUT2D eigenvalue weighted by Crippen LogP contribution is 2.22. The van der Waals surface area contributed by atoms with E-state index in [9.17, 15) is 0 Å². The van der Waals surface area contributed by atoms with Crippen molar-refractivity contribution < 1.29 is 0 Å². The van der Waals surface area contributed by atoms with Crippen molar-refractivity contribution in [2.24, 2.45) is 12.0 Å². The van der Waals surface area contributed by atoms with Gasteiger partial charge in [0.1, 0.15) is 12.2 Å². The molecule has 2 aromatic rings. The predicted molar refractivity (Wildman–Crippen MR) is 98.1 cm³/mol. The fourth-order valence-corrected chi connectivity index (χ4v) is 2.36. The zero-order valence-corrected chi connectivity index (χ0v) is 15.3. The van der Waals surface area contributed by atoms with E-state index in [1.807, 2.05) is 7.05 Å². The maximum absolute atomic E-state index is 4.23. The van der Waals surface area contributed by atoms with Gasteiger partial charge in [-0.15, -0.1) is 0 Å². The normalized spacial score (nSPS) is 12.3. The van der Waals surface area contributed by atoms with Crippen LogP contribution in [-0.2, 0) is 25.4 Å². The highest BCUT2D eigenvalue weighted by Gasteiger charge is 2.12. The van der Waals surface area contributed by atoms with E-state index >= 15 is 0 Å². The number of rotatable bonds is 5. The largest absolute Gasteiger partial charge is 0.356 e. The minimum Gasteiger partial charge on any atom is -0.356 e. The molecule has 0 amide bonds. The molecule has 1 aromatic heterocycles. The summed E-state index contributed by atoms with van der Waals surface area (Å²) in [5.41, 5.74) is 2.88. The zero-order chi connectivity index (χ0) is 17.6. The Morgan fingerprint density at radius 3 is 2.42 bits per heavy atom. The highest BCUT2D eigenvalue weighted by atomic mass is 15.3. The van der Waals surface area contributed by atoms with Gasteiger partial charge in [0.25, 0.3) is 0 Å².